The fraction of sp³-hybridized carbons (Fsp3) is 0.259. The fourth-order valence-electron chi connectivity index (χ4n) is 3.17. The van der Waals surface area contributed by atoms with Crippen LogP contribution in [0.15, 0.2) is 70.5 Å². The van der Waals surface area contributed by atoms with E-state index in [-0.39, 0.29) is 17.1 Å². The van der Waals surface area contributed by atoms with Gasteiger partial charge in [-0.3, -0.25) is 9.59 Å². The molecule has 0 radical (unpaired) electrons. The topological polar surface area (TPSA) is 40.6 Å². The number of anilines is 2. The summed E-state index contributed by atoms with van der Waals surface area (Å²) in [4.78, 5) is 30.3. The Labute approximate surface area is 205 Å². The van der Waals surface area contributed by atoms with E-state index in [1.54, 1.807) is 35.7 Å². The Hall–Kier alpha value is -2.70. The van der Waals surface area contributed by atoms with Gasteiger partial charge in [0.05, 0.1) is 9.81 Å². The lowest BCUT2D eigenvalue weighted by atomic mass is 10.1. The monoisotopic (exact) mass is 478 g/mol. The third-order valence-electron chi connectivity index (χ3n) is 5.13. The quantitative estimate of drug-likeness (QED) is 0.273. The van der Waals surface area contributed by atoms with Crippen molar-refractivity contribution in [2.45, 2.75) is 6.42 Å². The van der Waals surface area contributed by atoms with Gasteiger partial charge in [0.25, 0.3) is 0 Å². The molecule has 2 aromatic rings. The molecule has 1 heterocycles. The van der Waals surface area contributed by atoms with Crippen LogP contribution in [-0.4, -0.2) is 51.3 Å². The van der Waals surface area contributed by atoms with Crippen molar-refractivity contribution in [2.75, 3.05) is 49.5 Å². The number of benzene rings is 2. The first kappa shape index (κ1) is 24.9. The standard InChI is InChI=1S/C27H30N2O2S2/c1-28(2)22-12-6-20(7-13-22)10-16-24(30)26(27-32-18-5-19-33-27)25(31)17-11-21-8-14-23(15-9-21)29(3)4/h6-17H,5,18-19H2,1-4H3. The molecule has 1 saturated heterocycles. The molecule has 0 spiro atoms. The normalized spacial score (nSPS) is 14.0. The molecule has 172 valence electrons. The minimum absolute atomic E-state index is 0.249. The molecule has 33 heavy (non-hydrogen) atoms. The van der Waals surface area contributed by atoms with Gasteiger partial charge in [0.15, 0.2) is 11.6 Å². The Morgan fingerprint density at radius 1 is 0.697 bits per heavy atom. The molecule has 0 bridgehead atoms. The van der Waals surface area contributed by atoms with E-state index in [1.807, 2.05) is 86.5 Å². The van der Waals surface area contributed by atoms with Crippen molar-refractivity contribution < 1.29 is 9.59 Å². The number of carbonyl (C=O) groups excluding carboxylic acids is 2. The van der Waals surface area contributed by atoms with E-state index in [2.05, 4.69) is 0 Å². The van der Waals surface area contributed by atoms with E-state index in [9.17, 15) is 9.59 Å². The number of carbonyl (C=O) groups is 2. The van der Waals surface area contributed by atoms with Crippen LogP contribution in [0.4, 0.5) is 11.4 Å². The predicted molar refractivity (Wildman–Crippen MR) is 146 cm³/mol. The molecule has 1 aliphatic heterocycles. The van der Waals surface area contributed by atoms with Crippen molar-refractivity contribution >= 4 is 58.6 Å². The van der Waals surface area contributed by atoms with Crippen LogP contribution in [-0.2, 0) is 9.59 Å². The Bertz CT molecular complexity index is 983. The highest BCUT2D eigenvalue weighted by molar-refractivity contribution is 8.22. The van der Waals surface area contributed by atoms with Crippen molar-refractivity contribution in [1.29, 1.82) is 0 Å². The third-order valence-corrected chi connectivity index (χ3v) is 7.75. The molecule has 0 unspecified atom stereocenters. The van der Waals surface area contributed by atoms with Gasteiger partial charge in [0, 0.05) is 39.6 Å². The van der Waals surface area contributed by atoms with Gasteiger partial charge < -0.3 is 9.80 Å². The highest BCUT2D eigenvalue weighted by atomic mass is 32.2. The molecule has 1 aliphatic rings. The van der Waals surface area contributed by atoms with Crippen LogP contribution in [0.2, 0.25) is 0 Å². The van der Waals surface area contributed by atoms with Gasteiger partial charge >= 0.3 is 0 Å². The molecule has 4 nitrogen and oxygen atoms in total. The fourth-order valence-corrected chi connectivity index (χ4v) is 5.83. The molecular weight excluding hydrogens is 448 g/mol. The highest BCUT2D eigenvalue weighted by Gasteiger charge is 2.22. The zero-order valence-corrected chi connectivity index (χ0v) is 21.2. The lowest BCUT2D eigenvalue weighted by Crippen LogP contribution is -2.12. The molecule has 0 aliphatic carbocycles. The maximum Gasteiger partial charge on any atom is 0.191 e. The molecule has 2 aromatic carbocycles. The van der Waals surface area contributed by atoms with E-state index in [0.29, 0.717) is 0 Å². The average molecular weight is 479 g/mol. The number of hydrogen-bond acceptors (Lipinski definition) is 6. The number of hydrogen-bond donors (Lipinski definition) is 0. The maximum absolute atomic E-state index is 13.1. The summed E-state index contributed by atoms with van der Waals surface area (Å²) in [5, 5.41) is 0. The van der Waals surface area contributed by atoms with Gasteiger partial charge in [-0.05, 0) is 65.5 Å². The van der Waals surface area contributed by atoms with E-state index in [4.69, 9.17) is 0 Å². The molecule has 0 aromatic heterocycles. The summed E-state index contributed by atoms with van der Waals surface area (Å²) in [6.45, 7) is 0. The van der Waals surface area contributed by atoms with E-state index >= 15 is 0 Å². The summed E-state index contributed by atoms with van der Waals surface area (Å²) in [6.07, 6.45) is 7.66. The van der Waals surface area contributed by atoms with Crippen molar-refractivity contribution in [2.24, 2.45) is 0 Å². The van der Waals surface area contributed by atoms with Gasteiger partial charge in [-0.1, -0.05) is 36.4 Å². The van der Waals surface area contributed by atoms with Crippen LogP contribution < -0.4 is 9.80 Å². The van der Waals surface area contributed by atoms with E-state index < -0.39 is 0 Å². The minimum atomic E-state index is -0.249. The molecule has 0 saturated carbocycles. The molecule has 1 fully saturated rings. The van der Waals surface area contributed by atoms with Crippen LogP contribution in [0, 0.1) is 0 Å². The number of nitrogens with zero attached hydrogens (tertiary/aromatic N) is 2. The largest absolute Gasteiger partial charge is 0.378 e. The summed E-state index contributed by atoms with van der Waals surface area (Å²) in [5.74, 6) is 1.36. The first-order valence-corrected chi connectivity index (χ1v) is 12.8. The smallest absolute Gasteiger partial charge is 0.191 e. The number of allylic oxidation sites excluding steroid dienone is 3. The van der Waals surface area contributed by atoms with Gasteiger partial charge in [-0.25, -0.2) is 0 Å². The van der Waals surface area contributed by atoms with Crippen molar-refractivity contribution in [1.82, 2.24) is 0 Å². The second kappa shape index (κ2) is 12.0. The summed E-state index contributed by atoms with van der Waals surface area (Å²) in [6, 6.07) is 15.9. The molecular formula is C27H30N2O2S2. The van der Waals surface area contributed by atoms with Gasteiger partial charge in [0.1, 0.15) is 0 Å². The van der Waals surface area contributed by atoms with Gasteiger partial charge in [-0.2, -0.15) is 0 Å². The SMILES string of the molecule is CN(C)c1ccc(C=CC(=O)C(C(=O)C=Cc2ccc(N(C)C)cc2)=C2SCCCS2)cc1. The van der Waals surface area contributed by atoms with Crippen LogP contribution in [0.25, 0.3) is 12.2 Å². The van der Waals surface area contributed by atoms with E-state index in [1.165, 1.54) is 12.2 Å². The highest BCUT2D eigenvalue weighted by Crippen LogP contribution is 2.38. The lowest BCUT2D eigenvalue weighted by Gasteiger charge is -2.15. The van der Waals surface area contributed by atoms with Crippen molar-refractivity contribution in [3.05, 3.63) is 81.6 Å². The van der Waals surface area contributed by atoms with Crippen LogP contribution in [0.3, 0.4) is 0 Å². The first-order valence-electron chi connectivity index (χ1n) is 10.8. The van der Waals surface area contributed by atoms with Crippen LogP contribution in [0.1, 0.15) is 17.5 Å². The molecule has 0 atom stereocenters. The zero-order valence-electron chi connectivity index (χ0n) is 19.6. The molecule has 6 heteroatoms. The Morgan fingerprint density at radius 2 is 1.09 bits per heavy atom. The zero-order chi connectivity index (χ0) is 23.8. The summed E-state index contributed by atoms with van der Waals surface area (Å²) < 4.78 is 0.830. The van der Waals surface area contributed by atoms with Crippen LogP contribution in [0.5, 0.6) is 0 Å². The number of thioether (sulfide) groups is 2. The molecule has 0 amide bonds. The molecule has 3 rings (SSSR count). The van der Waals surface area contributed by atoms with Crippen LogP contribution >= 0.6 is 23.5 Å². The second-order valence-corrected chi connectivity index (χ2v) is 10.5. The maximum atomic E-state index is 13.1. The summed E-state index contributed by atoms with van der Waals surface area (Å²) >= 11 is 3.21. The van der Waals surface area contributed by atoms with Crippen molar-refractivity contribution in [3.63, 3.8) is 0 Å². The van der Waals surface area contributed by atoms with Crippen molar-refractivity contribution in [3.8, 4) is 0 Å². The Balaban J connectivity index is 1.80. The minimum Gasteiger partial charge on any atom is -0.378 e. The van der Waals surface area contributed by atoms with E-state index in [0.717, 1.165) is 44.7 Å². The Morgan fingerprint density at radius 3 is 1.45 bits per heavy atom. The second-order valence-electron chi connectivity index (χ2n) is 8.08. The number of ketones is 2. The average Bonchev–Trinajstić information content (AvgIpc) is 2.82. The van der Waals surface area contributed by atoms with Gasteiger partial charge in [0.2, 0.25) is 0 Å². The molecule has 0 N–H and O–H groups in total. The first-order chi connectivity index (χ1) is 15.8. The lowest BCUT2D eigenvalue weighted by molar-refractivity contribution is -0.116. The number of rotatable bonds is 8. The predicted octanol–water partition coefficient (Wildman–Crippen LogP) is 5.77. The van der Waals surface area contributed by atoms with Gasteiger partial charge in [-0.15, -0.1) is 23.5 Å². The third kappa shape index (κ3) is 7.14. The summed E-state index contributed by atoms with van der Waals surface area (Å²) in [5.41, 5.74) is 4.30. The Kier molecular flexibility index (Phi) is 9.03. The summed E-state index contributed by atoms with van der Waals surface area (Å²) in [7, 11) is 7.95.